The smallest absolute Gasteiger partial charge is 0.253 e. The Bertz CT molecular complexity index is 407. The van der Waals surface area contributed by atoms with Gasteiger partial charge in [-0.3, -0.25) is 4.79 Å². The van der Waals surface area contributed by atoms with E-state index in [-0.39, 0.29) is 5.91 Å². The number of ether oxygens (including phenoxy) is 1. The minimum Gasteiger partial charge on any atom is -0.376 e. The second-order valence-corrected chi connectivity index (χ2v) is 4.33. The number of carbonyl (C=O) groups is 1. The lowest BCUT2D eigenvalue weighted by Crippen LogP contribution is -2.26. The second-order valence-electron chi connectivity index (χ2n) is 3.93. The van der Waals surface area contributed by atoms with Crippen LogP contribution in [0.2, 0.25) is 5.02 Å². The van der Waals surface area contributed by atoms with Gasteiger partial charge in [-0.15, -0.1) is 0 Å². The van der Waals surface area contributed by atoms with Gasteiger partial charge in [-0.25, -0.2) is 0 Å². The van der Waals surface area contributed by atoms with Gasteiger partial charge >= 0.3 is 0 Å². The molecule has 1 aromatic rings. The molecule has 4 nitrogen and oxygen atoms in total. The molecule has 0 aromatic heterocycles. The van der Waals surface area contributed by atoms with Gasteiger partial charge < -0.3 is 15.0 Å². The molecule has 0 saturated heterocycles. The number of nitrogens with one attached hydrogen (secondary N) is 1. The number of methoxy groups -OCH3 is 1. The fourth-order valence-electron chi connectivity index (χ4n) is 1.30. The van der Waals surface area contributed by atoms with E-state index in [1.165, 1.54) is 7.11 Å². The van der Waals surface area contributed by atoms with Crippen molar-refractivity contribution in [2.24, 2.45) is 0 Å². The van der Waals surface area contributed by atoms with Crippen molar-refractivity contribution in [2.45, 2.75) is 13.0 Å². The SMILES string of the molecule is COC(C)C(=O)Nc1ccc(N(C)C)c(Cl)c1. The number of hydrogen-bond donors (Lipinski definition) is 1. The van der Waals surface area contributed by atoms with Crippen molar-refractivity contribution in [1.29, 1.82) is 0 Å². The van der Waals surface area contributed by atoms with Crippen LogP contribution in [0.4, 0.5) is 11.4 Å². The Morgan fingerprint density at radius 1 is 1.47 bits per heavy atom. The first kappa shape index (κ1) is 13.8. The van der Waals surface area contributed by atoms with Crippen molar-refractivity contribution in [1.82, 2.24) is 0 Å². The number of halogens is 1. The lowest BCUT2D eigenvalue weighted by atomic mass is 10.2. The summed E-state index contributed by atoms with van der Waals surface area (Å²) in [6.07, 6.45) is -0.484. The summed E-state index contributed by atoms with van der Waals surface area (Å²) in [5.74, 6) is -0.193. The highest BCUT2D eigenvalue weighted by molar-refractivity contribution is 6.33. The van der Waals surface area contributed by atoms with E-state index in [9.17, 15) is 4.79 Å². The van der Waals surface area contributed by atoms with Crippen LogP contribution >= 0.6 is 11.6 Å². The Labute approximate surface area is 107 Å². The Hall–Kier alpha value is -1.26. The van der Waals surface area contributed by atoms with Crippen LogP contribution in [0.15, 0.2) is 18.2 Å². The van der Waals surface area contributed by atoms with Crippen LogP contribution in [0.1, 0.15) is 6.92 Å². The molecule has 1 unspecified atom stereocenters. The van der Waals surface area contributed by atoms with Crippen LogP contribution in [0.5, 0.6) is 0 Å². The molecule has 1 rings (SSSR count). The lowest BCUT2D eigenvalue weighted by Gasteiger charge is -2.16. The fourth-order valence-corrected chi connectivity index (χ4v) is 1.65. The summed E-state index contributed by atoms with van der Waals surface area (Å²) in [4.78, 5) is 13.5. The molecule has 0 bridgehead atoms. The van der Waals surface area contributed by atoms with Gasteiger partial charge in [-0.1, -0.05) is 11.6 Å². The molecular formula is C12H17ClN2O2. The van der Waals surface area contributed by atoms with Crippen LogP contribution in [-0.4, -0.2) is 33.2 Å². The van der Waals surface area contributed by atoms with Crippen molar-refractivity contribution >= 4 is 28.9 Å². The van der Waals surface area contributed by atoms with Gasteiger partial charge in [0.2, 0.25) is 0 Å². The molecule has 1 atom stereocenters. The highest BCUT2D eigenvalue weighted by Gasteiger charge is 2.12. The number of nitrogens with zero attached hydrogens (tertiary/aromatic N) is 1. The van der Waals surface area contributed by atoms with Gasteiger partial charge in [0.1, 0.15) is 6.10 Å². The molecule has 0 saturated carbocycles. The Morgan fingerprint density at radius 2 is 2.12 bits per heavy atom. The zero-order valence-corrected chi connectivity index (χ0v) is 11.2. The van der Waals surface area contributed by atoms with Gasteiger partial charge in [0.05, 0.1) is 10.7 Å². The zero-order chi connectivity index (χ0) is 13.0. The second kappa shape index (κ2) is 5.89. The first-order chi connectivity index (χ1) is 7.95. The van der Waals surface area contributed by atoms with Crippen molar-refractivity contribution in [3.05, 3.63) is 23.2 Å². The minimum atomic E-state index is -0.484. The Morgan fingerprint density at radius 3 is 2.59 bits per heavy atom. The minimum absolute atomic E-state index is 0.193. The average Bonchev–Trinajstić information content (AvgIpc) is 2.27. The molecule has 0 radical (unpaired) electrons. The maximum atomic E-state index is 11.6. The maximum absolute atomic E-state index is 11.6. The first-order valence-electron chi connectivity index (χ1n) is 5.26. The van der Waals surface area contributed by atoms with E-state index >= 15 is 0 Å². The quantitative estimate of drug-likeness (QED) is 0.899. The largest absolute Gasteiger partial charge is 0.376 e. The van der Waals surface area contributed by atoms with E-state index in [0.29, 0.717) is 10.7 Å². The van der Waals surface area contributed by atoms with Crippen LogP contribution < -0.4 is 10.2 Å². The number of hydrogen-bond acceptors (Lipinski definition) is 3. The molecule has 1 aromatic carbocycles. The lowest BCUT2D eigenvalue weighted by molar-refractivity contribution is -0.124. The van der Waals surface area contributed by atoms with Crippen molar-refractivity contribution in [2.75, 3.05) is 31.4 Å². The van der Waals surface area contributed by atoms with E-state index in [2.05, 4.69) is 5.32 Å². The Kier molecular flexibility index (Phi) is 4.78. The molecule has 1 N–H and O–H groups in total. The number of rotatable bonds is 4. The monoisotopic (exact) mass is 256 g/mol. The maximum Gasteiger partial charge on any atom is 0.253 e. The van der Waals surface area contributed by atoms with E-state index in [1.54, 1.807) is 13.0 Å². The molecule has 0 heterocycles. The molecule has 17 heavy (non-hydrogen) atoms. The molecule has 0 aliphatic carbocycles. The van der Waals surface area contributed by atoms with Gasteiger partial charge in [-0.2, -0.15) is 0 Å². The van der Waals surface area contributed by atoms with Crippen LogP contribution in [-0.2, 0) is 9.53 Å². The molecule has 1 amide bonds. The summed E-state index contributed by atoms with van der Waals surface area (Å²) in [6, 6.07) is 5.38. The third kappa shape index (κ3) is 3.61. The molecule has 0 fully saturated rings. The first-order valence-corrected chi connectivity index (χ1v) is 5.64. The van der Waals surface area contributed by atoms with Gasteiger partial charge in [0, 0.05) is 26.9 Å². The Balaban J connectivity index is 2.81. The zero-order valence-electron chi connectivity index (χ0n) is 10.5. The highest BCUT2D eigenvalue weighted by Crippen LogP contribution is 2.27. The van der Waals surface area contributed by atoms with Crippen LogP contribution in [0.25, 0.3) is 0 Å². The van der Waals surface area contributed by atoms with Gasteiger partial charge in [0.15, 0.2) is 0 Å². The van der Waals surface area contributed by atoms with Crippen LogP contribution in [0.3, 0.4) is 0 Å². The van der Waals surface area contributed by atoms with Crippen LogP contribution in [0, 0.1) is 0 Å². The number of anilines is 2. The van der Waals surface area contributed by atoms with E-state index in [0.717, 1.165) is 5.69 Å². The summed E-state index contributed by atoms with van der Waals surface area (Å²) >= 11 is 6.10. The standard InChI is InChI=1S/C12H17ClN2O2/c1-8(17-4)12(16)14-9-5-6-11(15(2)3)10(13)7-9/h5-8H,1-4H3,(H,14,16). The van der Waals surface area contributed by atoms with E-state index in [1.807, 2.05) is 31.1 Å². The third-order valence-corrected chi connectivity index (χ3v) is 2.72. The third-order valence-electron chi connectivity index (χ3n) is 2.42. The summed E-state index contributed by atoms with van der Waals surface area (Å²) in [6.45, 7) is 1.69. The number of amides is 1. The van der Waals surface area contributed by atoms with Crippen molar-refractivity contribution in [3.63, 3.8) is 0 Å². The predicted octanol–water partition coefficient (Wildman–Crippen LogP) is 2.38. The molecular weight excluding hydrogens is 240 g/mol. The predicted molar refractivity (Wildman–Crippen MR) is 70.9 cm³/mol. The van der Waals surface area contributed by atoms with E-state index in [4.69, 9.17) is 16.3 Å². The summed E-state index contributed by atoms with van der Waals surface area (Å²) in [7, 11) is 5.31. The van der Waals surface area contributed by atoms with E-state index < -0.39 is 6.10 Å². The summed E-state index contributed by atoms with van der Waals surface area (Å²) < 4.78 is 4.92. The molecule has 0 aliphatic rings. The van der Waals surface area contributed by atoms with Crippen molar-refractivity contribution in [3.8, 4) is 0 Å². The summed E-state index contributed by atoms with van der Waals surface area (Å²) in [5, 5.41) is 3.33. The number of benzene rings is 1. The van der Waals surface area contributed by atoms with Crippen molar-refractivity contribution < 1.29 is 9.53 Å². The molecule has 0 aliphatic heterocycles. The summed E-state index contributed by atoms with van der Waals surface area (Å²) in [5.41, 5.74) is 1.57. The van der Waals surface area contributed by atoms with Gasteiger partial charge in [0.25, 0.3) is 5.91 Å². The highest BCUT2D eigenvalue weighted by atomic mass is 35.5. The molecule has 5 heteroatoms. The van der Waals surface area contributed by atoms with Gasteiger partial charge in [-0.05, 0) is 25.1 Å². The molecule has 0 spiro atoms. The average molecular weight is 257 g/mol. The normalized spacial score (nSPS) is 12.1. The molecule has 94 valence electrons. The topological polar surface area (TPSA) is 41.6 Å². The number of carbonyl (C=O) groups excluding carboxylic acids is 1. The fraction of sp³-hybridized carbons (Fsp3) is 0.417.